The third kappa shape index (κ3) is 2.00. The van der Waals surface area contributed by atoms with E-state index in [1.54, 1.807) is 0 Å². The third-order valence-electron chi connectivity index (χ3n) is 3.90. The second-order valence-electron chi connectivity index (χ2n) is 5.26. The molecular formula is C17H14N2O2. The Balaban J connectivity index is 1.81. The molecule has 3 aromatic rings. The molecule has 1 aromatic heterocycles. The largest absolute Gasteiger partial charge is 0.355 e. The molecule has 0 radical (unpaired) electrons. The van der Waals surface area contributed by atoms with Crippen LogP contribution in [0.1, 0.15) is 16.8 Å². The van der Waals surface area contributed by atoms with Crippen LogP contribution in [-0.2, 0) is 0 Å². The highest BCUT2D eigenvalue weighted by Crippen LogP contribution is 2.29. The van der Waals surface area contributed by atoms with Crippen LogP contribution in [0.3, 0.4) is 0 Å². The molecule has 1 fully saturated rings. The zero-order valence-corrected chi connectivity index (χ0v) is 11.5. The van der Waals surface area contributed by atoms with E-state index >= 15 is 0 Å². The van der Waals surface area contributed by atoms with Crippen molar-refractivity contribution in [3.8, 4) is 11.3 Å². The van der Waals surface area contributed by atoms with Crippen molar-refractivity contribution >= 4 is 16.8 Å². The van der Waals surface area contributed by atoms with E-state index in [1.165, 1.54) is 0 Å². The molecule has 1 amide bonds. The zero-order chi connectivity index (χ0) is 14.2. The highest BCUT2D eigenvalue weighted by atomic mass is 16.5. The lowest BCUT2D eigenvalue weighted by Gasteiger charge is -2.30. The fourth-order valence-electron chi connectivity index (χ4n) is 2.57. The molecule has 1 aliphatic heterocycles. The standard InChI is InChI=1S/C17H14N2O2/c20-17(19-9-4-10-19)13-7-8-15-14(11-13)16(21-18-15)12-5-2-1-3-6-12/h1-3,5-8,11H,4,9-10H2. The Morgan fingerprint density at radius 2 is 1.90 bits per heavy atom. The molecule has 0 spiro atoms. The first-order chi connectivity index (χ1) is 10.3. The van der Waals surface area contributed by atoms with Gasteiger partial charge in [0, 0.05) is 24.2 Å². The van der Waals surface area contributed by atoms with Crippen molar-refractivity contribution in [1.82, 2.24) is 10.1 Å². The summed E-state index contributed by atoms with van der Waals surface area (Å²) in [4.78, 5) is 14.2. The van der Waals surface area contributed by atoms with Crippen molar-refractivity contribution < 1.29 is 9.32 Å². The average Bonchev–Trinajstić information content (AvgIpc) is 2.89. The highest BCUT2D eigenvalue weighted by Gasteiger charge is 2.22. The number of rotatable bonds is 2. The highest BCUT2D eigenvalue weighted by molar-refractivity contribution is 6.01. The number of likely N-dealkylation sites (tertiary alicyclic amines) is 1. The molecule has 21 heavy (non-hydrogen) atoms. The Bertz CT molecular complexity index is 804. The number of fused-ring (bicyclic) bond motifs is 1. The van der Waals surface area contributed by atoms with Gasteiger partial charge in [0.15, 0.2) is 5.76 Å². The number of hydrogen-bond acceptors (Lipinski definition) is 3. The molecule has 4 rings (SSSR count). The number of amides is 1. The number of aromatic nitrogens is 1. The summed E-state index contributed by atoms with van der Waals surface area (Å²) in [5.74, 6) is 0.798. The fraction of sp³-hybridized carbons (Fsp3) is 0.176. The van der Waals surface area contributed by atoms with E-state index in [0.717, 1.165) is 36.0 Å². The maximum absolute atomic E-state index is 12.3. The van der Waals surface area contributed by atoms with Gasteiger partial charge in [-0.1, -0.05) is 35.5 Å². The predicted molar refractivity (Wildman–Crippen MR) is 80.0 cm³/mol. The van der Waals surface area contributed by atoms with Gasteiger partial charge in [-0.05, 0) is 24.6 Å². The molecule has 1 saturated heterocycles. The molecule has 0 aliphatic carbocycles. The van der Waals surface area contributed by atoms with E-state index in [-0.39, 0.29) is 5.91 Å². The van der Waals surface area contributed by atoms with Crippen molar-refractivity contribution in [2.75, 3.05) is 13.1 Å². The minimum atomic E-state index is 0.0864. The van der Waals surface area contributed by atoms with E-state index in [4.69, 9.17) is 4.52 Å². The number of nitrogens with zero attached hydrogens (tertiary/aromatic N) is 2. The predicted octanol–water partition coefficient (Wildman–Crippen LogP) is 3.34. The molecule has 4 nitrogen and oxygen atoms in total. The van der Waals surface area contributed by atoms with Crippen LogP contribution in [0.25, 0.3) is 22.2 Å². The van der Waals surface area contributed by atoms with Crippen LogP contribution in [0.5, 0.6) is 0 Å². The Morgan fingerprint density at radius 3 is 2.62 bits per heavy atom. The first-order valence-electron chi connectivity index (χ1n) is 7.07. The van der Waals surface area contributed by atoms with Gasteiger partial charge in [0.2, 0.25) is 0 Å². The van der Waals surface area contributed by atoms with Crippen molar-refractivity contribution in [3.63, 3.8) is 0 Å². The summed E-state index contributed by atoms with van der Waals surface area (Å²) in [5, 5.41) is 4.96. The molecule has 2 heterocycles. The lowest BCUT2D eigenvalue weighted by molar-refractivity contribution is 0.0652. The molecule has 0 bridgehead atoms. The monoisotopic (exact) mass is 278 g/mol. The van der Waals surface area contributed by atoms with Crippen LogP contribution < -0.4 is 0 Å². The summed E-state index contributed by atoms with van der Waals surface area (Å²) in [6.45, 7) is 1.71. The van der Waals surface area contributed by atoms with E-state index in [9.17, 15) is 4.79 Å². The van der Waals surface area contributed by atoms with Gasteiger partial charge in [-0.2, -0.15) is 0 Å². The van der Waals surface area contributed by atoms with Gasteiger partial charge in [-0.15, -0.1) is 0 Å². The summed E-state index contributed by atoms with van der Waals surface area (Å²) in [6, 6.07) is 15.4. The van der Waals surface area contributed by atoms with Gasteiger partial charge in [0.25, 0.3) is 5.91 Å². The fourth-order valence-corrected chi connectivity index (χ4v) is 2.57. The normalized spacial score (nSPS) is 14.2. The van der Waals surface area contributed by atoms with Gasteiger partial charge in [-0.25, -0.2) is 0 Å². The second kappa shape index (κ2) is 4.74. The van der Waals surface area contributed by atoms with Crippen LogP contribution in [0.15, 0.2) is 53.1 Å². The van der Waals surface area contributed by atoms with Crippen LogP contribution in [0.2, 0.25) is 0 Å². The van der Waals surface area contributed by atoms with Crippen molar-refractivity contribution in [1.29, 1.82) is 0 Å². The van der Waals surface area contributed by atoms with Gasteiger partial charge in [-0.3, -0.25) is 4.79 Å². The molecule has 0 atom stereocenters. The van der Waals surface area contributed by atoms with E-state index in [2.05, 4.69) is 5.16 Å². The van der Waals surface area contributed by atoms with Crippen molar-refractivity contribution in [2.24, 2.45) is 0 Å². The van der Waals surface area contributed by atoms with Crippen LogP contribution in [0, 0.1) is 0 Å². The maximum Gasteiger partial charge on any atom is 0.253 e. The molecule has 104 valence electrons. The van der Waals surface area contributed by atoms with Crippen LogP contribution in [-0.4, -0.2) is 29.1 Å². The lowest BCUT2D eigenvalue weighted by atomic mass is 10.0. The lowest BCUT2D eigenvalue weighted by Crippen LogP contribution is -2.41. The van der Waals surface area contributed by atoms with Crippen LogP contribution in [0.4, 0.5) is 0 Å². The van der Waals surface area contributed by atoms with Crippen molar-refractivity contribution in [3.05, 3.63) is 54.1 Å². The molecule has 1 aliphatic rings. The quantitative estimate of drug-likeness (QED) is 0.722. The molecular weight excluding hydrogens is 264 g/mol. The van der Waals surface area contributed by atoms with Gasteiger partial charge in [0.05, 0.1) is 5.39 Å². The molecule has 0 saturated carbocycles. The first-order valence-corrected chi connectivity index (χ1v) is 7.07. The van der Waals surface area contributed by atoms with Crippen LogP contribution >= 0.6 is 0 Å². The molecule has 2 aromatic carbocycles. The summed E-state index contributed by atoms with van der Waals surface area (Å²) in [7, 11) is 0. The Hall–Kier alpha value is -2.62. The SMILES string of the molecule is O=C(c1ccc2noc(-c3ccccc3)c2c1)N1CCC1. The summed E-state index contributed by atoms with van der Waals surface area (Å²) in [6.07, 6.45) is 1.09. The van der Waals surface area contributed by atoms with E-state index < -0.39 is 0 Å². The Labute approximate surface area is 122 Å². The summed E-state index contributed by atoms with van der Waals surface area (Å²) in [5.41, 5.74) is 2.44. The minimum Gasteiger partial charge on any atom is -0.355 e. The Kier molecular flexibility index (Phi) is 2.74. The number of carbonyl (C=O) groups is 1. The topological polar surface area (TPSA) is 46.3 Å². The number of carbonyl (C=O) groups excluding carboxylic acids is 1. The average molecular weight is 278 g/mol. The molecule has 4 heteroatoms. The summed E-state index contributed by atoms with van der Waals surface area (Å²) < 4.78 is 5.46. The Morgan fingerprint density at radius 1 is 1.10 bits per heavy atom. The molecule has 0 N–H and O–H groups in total. The van der Waals surface area contributed by atoms with E-state index in [0.29, 0.717) is 11.3 Å². The zero-order valence-electron chi connectivity index (χ0n) is 11.5. The second-order valence-corrected chi connectivity index (χ2v) is 5.26. The maximum atomic E-state index is 12.3. The van der Waals surface area contributed by atoms with Gasteiger partial charge < -0.3 is 9.42 Å². The van der Waals surface area contributed by atoms with Gasteiger partial charge >= 0.3 is 0 Å². The summed E-state index contributed by atoms with van der Waals surface area (Å²) >= 11 is 0. The molecule has 0 unspecified atom stereocenters. The number of benzene rings is 2. The minimum absolute atomic E-state index is 0.0864. The first kappa shape index (κ1) is 12.1. The van der Waals surface area contributed by atoms with Gasteiger partial charge in [0.1, 0.15) is 5.52 Å². The van der Waals surface area contributed by atoms with E-state index in [1.807, 2.05) is 53.4 Å². The number of hydrogen-bond donors (Lipinski definition) is 0. The smallest absolute Gasteiger partial charge is 0.253 e. The third-order valence-corrected chi connectivity index (χ3v) is 3.90. The van der Waals surface area contributed by atoms with Crippen molar-refractivity contribution in [2.45, 2.75) is 6.42 Å².